The van der Waals surface area contributed by atoms with Crippen molar-refractivity contribution in [2.24, 2.45) is 0 Å². The highest BCUT2D eigenvalue weighted by molar-refractivity contribution is 5.01. The first-order chi connectivity index (χ1) is 5.34. The Morgan fingerprint density at radius 2 is 2.18 bits per heavy atom. The van der Waals surface area contributed by atoms with Crippen LogP contribution in [0.3, 0.4) is 0 Å². The predicted octanol–water partition coefficient (Wildman–Crippen LogP) is 0.805. The van der Waals surface area contributed by atoms with Gasteiger partial charge in [-0.15, -0.1) is 0 Å². The molecule has 0 aromatic carbocycles. The lowest BCUT2D eigenvalue weighted by molar-refractivity contribution is 0.390. The highest BCUT2D eigenvalue weighted by atomic mass is 16.5. The van der Waals surface area contributed by atoms with Gasteiger partial charge in [-0.2, -0.15) is 0 Å². The van der Waals surface area contributed by atoms with Gasteiger partial charge in [0.2, 0.25) is 0 Å². The summed E-state index contributed by atoms with van der Waals surface area (Å²) < 4.78 is 4.59. The summed E-state index contributed by atoms with van der Waals surface area (Å²) in [6.07, 6.45) is 2.91. The summed E-state index contributed by atoms with van der Waals surface area (Å²) >= 11 is 0. The fourth-order valence-electron chi connectivity index (χ4n) is 0.484. The second-order valence-electron chi connectivity index (χ2n) is 1.43. The molecule has 0 aliphatic rings. The minimum atomic E-state index is -0.306. The zero-order valence-corrected chi connectivity index (χ0v) is 6.92. The van der Waals surface area contributed by atoms with Gasteiger partial charge in [-0.3, -0.25) is 4.79 Å². The topological polar surface area (TPSA) is 55.0 Å². The van der Waals surface area contributed by atoms with Gasteiger partial charge in [0.1, 0.15) is 0 Å². The normalized spacial score (nSPS) is 7.91. The Bertz CT molecular complexity index is 244. The zero-order chi connectivity index (χ0) is 8.69. The maximum atomic E-state index is 10.6. The zero-order valence-electron chi connectivity index (χ0n) is 6.92. The molecular weight excluding hydrogens is 144 g/mol. The Morgan fingerprint density at radius 3 is 2.55 bits per heavy atom. The lowest BCUT2D eigenvalue weighted by atomic mass is 10.7. The molecule has 0 saturated heterocycles. The van der Waals surface area contributed by atoms with Crippen LogP contribution in [0.15, 0.2) is 17.2 Å². The Kier molecular flexibility index (Phi) is 4.81. The maximum absolute atomic E-state index is 10.6. The fourth-order valence-corrected chi connectivity index (χ4v) is 0.484. The molecule has 0 fully saturated rings. The number of aromatic nitrogens is 2. The molecule has 0 radical (unpaired) electrons. The quantitative estimate of drug-likeness (QED) is 0.654. The summed E-state index contributed by atoms with van der Waals surface area (Å²) in [5, 5.41) is 0. The Balaban J connectivity index is 0.000000461. The second kappa shape index (κ2) is 5.46. The van der Waals surface area contributed by atoms with E-state index in [9.17, 15) is 4.79 Å². The van der Waals surface area contributed by atoms with E-state index in [1.54, 1.807) is 0 Å². The van der Waals surface area contributed by atoms with Crippen LogP contribution in [0.4, 0.5) is 0 Å². The number of ether oxygens (including phenoxy) is 1. The second-order valence-corrected chi connectivity index (χ2v) is 1.43. The van der Waals surface area contributed by atoms with Gasteiger partial charge < -0.3 is 9.72 Å². The summed E-state index contributed by atoms with van der Waals surface area (Å²) in [5.74, 6) is 0.0949. The van der Waals surface area contributed by atoms with E-state index in [-0.39, 0.29) is 11.4 Å². The van der Waals surface area contributed by atoms with Crippen molar-refractivity contribution in [3.63, 3.8) is 0 Å². The van der Waals surface area contributed by atoms with Crippen molar-refractivity contribution in [1.29, 1.82) is 0 Å². The van der Waals surface area contributed by atoms with Gasteiger partial charge in [0.25, 0.3) is 5.88 Å². The average Bonchev–Trinajstić information content (AvgIpc) is 2.09. The predicted molar refractivity (Wildman–Crippen MR) is 42.8 cm³/mol. The molecular formula is C7H12N2O2. The molecule has 0 amide bonds. The van der Waals surface area contributed by atoms with E-state index in [1.807, 2.05) is 13.8 Å². The smallest absolute Gasteiger partial charge is 0.310 e. The van der Waals surface area contributed by atoms with Crippen LogP contribution in [-0.4, -0.2) is 17.1 Å². The molecule has 1 rings (SSSR count). The van der Waals surface area contributed by atoms with E-state index >= 15 is 0 Å². The summed E-state index contributed by atoms with van der Waals surface area (Å²) in [5.41, 5.74) is -0.306. The molecule has 1 aromatic heterocycles. The lowest BCUT2D eigenvalue weighted by Gasteiger charge is -1.91. The minimum Gasteiger partial charge on any atom is -0.477 e. The average molecular weight is 156 g/mol. The molecule has 4 nitrogen and oxygen atoms in total. The summed E-state index contributed by atoms with van der Waals surface area (Å²) in [4.78, 5) is 16.6. The van der Waals surface area contributed by atoms with Gasteiger partial charge in [-0.25, -0.2) is 4.98 Å². The number of methoxy groups -OCH3 is 1. The van der Waals surface area contributed by atoms with Gasteiger partial charge in [-0.05, 0) is 0 Å². The first-order valence-corrected chi connectivity index (χ1v) is 3.42. The molecule has 0 unspecified atom stereocenters. The highest BCUT2D eigenvalue weighted by Gasteiger charge is 1.93. The number of rotatable bonds is 1. The molecule has 0 spiro atoms. The third-order valence-electron chi connectivity index (χ3n) is 0.868. The summed E-state index contributed by atoms with van der Waals surface area (Å²) in [6, 6.07) is 0. The molecule has 0 aliphatic carbocycles. The van der Waals surface area contributed by atoms with Crippen molar-refractivity contribution in [2.75, 3.05) is 7.11 Å². The van der Waals surface area contributed by atoms with Gasteiger partial charge in [0.15, 0.2) is 0 Å². The van der Waals surface area contributed by atoms with Crippen LogP contribution >= 0.6 is 0 Å². The van der Waals surface area contributed by atoms with Crippen molar-refractivity contribution in [3.8, 4) is 5.88 Å². The summed E-state index contributed by atoms with van der Waals surface area (Å²) in [6.45, 7) is 4.00. The van der Waals surface area contributed by atoms with E-state index in [1.165, 1.54) is 19.5 Å². The van der Waals surface area contributed by atoms with Gasteiger partial charge in [0.05, 0.1) is 7.11 Å². The van der Waals surface area contributed by atoms with Crippen molar-refractivity contribution in [1.82, 2.24) is 9.97 Å². The molecule has 1 heterocycles. The van der Waals surface area contributed by atoms with Crippen molar-refractivity contribution >= 4 is 0 Å². The standard InChI is InChI=1S/C5H6N2O2.C2H6/c1-9-5-4(8)6-2-3-7-5;1-2/h2-3H,1H3,(H,6,8);1-2H3. The first kappa shape index (κ1) is 9.68. The van der Waals surface area contributed by atoms with Crippen LogP contribution in [-0.2, 0) is 0 Å². The Hall–Kier alpha value is -1.32. The van der Waals surface area contributed by atoms with Crippen LogP contribution in [0.25, 0.3) is 0 Å². The lowest BCUT2D eigenvalue weighted by Crippen LogP contribution is -2.09. The fraction of sp³-hybridized carbons (Fsp3) is 0.429. The molecule has 1 N–H and O–H groups in total. The molecule has 0 aliphatic heterocycles. The number of aromatic amines is 1. The molecule has 0 saturated carbocycles. The third kappa shape index (κ3) is 2.84. The third-order valence-corrected chi connectivity index (χ3v) is 0.868. The van der Waals surface area contributed by atoms with Crippen LogP contribution in [0.5, 0.6) is 5.88 Å². The van der Waals surface area contributed by atoms with E-state index < -0.39 is 0 Å². The minimum absolute atomic E-state index is 0.0949. The van der Waals surface area contributed by atoms with Gasteiger partial charge in [0, 0.05) is 12.4 Å². The monoisotopic (exact) mass is 156 g/mol. The molecule has 62 valence electrons. The SMILES string of the molecule is CC.COc1ncc[nH]c1=O. The van der Waals surface area contributed by atoms with Crippen LogP contribution in [0.2, 0.25) is 0 Å². The number of H-pyrrole nitrogens is 1. The largest absolute Gasteiger partial charge is 0.477 e. The number of nitrogens with one attached hydrogen (secondary N) is 1. The molecule has 0 bridgehead atoms. The van der Waals surface area contributed by atoms with E-state index in [0.717, 1.165) is 0 Å². The Morgan fingerprint density at radius 1 is 1.55 bits per heavy atom. The molecule has 11 heavy (non-hydrogen) atoms. The van der Waals surface area contributed by atoms with Crippen LogP contribution in [0, 0.1) is 0 Å². The van der Waals surface area contributed by atoms with Crippen LogP contribution in [0.1, 0.15) is 13.8 Å². The maximum Gasteiger partial charge on any atom is 0.310 e. The van der Waals surface area contributed by atoms with E-state index in [2.05, 4.69) is 14.7 Å². The van der Waals surface area contributed by atoms with E-state index in [4.69, 9.17) is 0 Å². The molecule has 1 aromatic rings. The summed E-state index contributed by atoms with van der Waals surface area (Å²) in [7, 11) is 1.40. The van der Waals surface area contributed by atoms with Gasteiger partial charge >= 0.3 is 5.56 Å². The highest BCUT2D eigenvalue weighted by Crippen LogP contribution is 1.88. The van der Waals surface area contributed by atoms with Crippen molar-refractivity contribution in [3.05, 3.63) is 22.7 Å². The van der Waals surface area contributed by atoms with Crippen molar-refractivity contribution < 1.29 is 4.74 Å². The molecule has 0 atom stereocenters. The van der Waals surface area contributed by atoms with Gasteiger partial charge in [-0.1, -0.05) is 13.8 Å². The first-order valence-electron chi connectivity index (χ1n) is 3.42. The van der Waals surface area contributed by atoms with E-state index in [0.29, 0.717) is 0 Å². The Labute approximate surface area is 65.2 Å². The molecule has 4 heteroatoms. The number of nitrogens with zero attached hydrogens (tertiary/aromatic N) is 1. The number of hydrogen-bond acceptors (Lipinski definition) is 3. The number of hydrogen-bond donors (Lipinski definition) is 1. The van der Waals surface area contributed by atoms with Crippen molar-refractivity contribution in [2.45, 2.75) is 13.8 Å². The van der Waals surface area contributed by atoms with Crippen LogP contribution < -0.4 is 10.3 Å².